The number of alkyl halides is 2. The Morgan fingerprint density at radius 2 is 1.75 bits per heavy atom. The van der Waals surface area contributed by atoms with Gasteiger partial charge in [0.05, 0.1) is 6.61 Å². The largest absolute Gasteiger partial charge is 0.380 e. The van der Waals surface area contributed by atoms with Crippen LogP contribution in [0.3, 0.4) is 0 Å². The summed E-state index contributed by atoms with van der Waals surface area (Å²) in [5.41, 5.74) is 0. The lowest BCUT2D eigenvalue weighted by Gasteiger charge is -1.96. The fourth-order valence-corrected chi connectivity index (χ4v) is 0.531. The van der Waals surface area contributed by atoms with Crippen molar-refractivity contribution in [3.63, 3.8) is 0 Å². The highest BCUT2D eigenvalue weighted by atomic mass is 35.5. The van der Waals surface area contributed by atoms with Gasteiger partial charge in [-0.05, 0) is 6.42 Å². The molecule has 0 aliphatic heterocycles. The molecule has 0 aromatic carbocycles. The summed E-state index contributed by atoms with van der Waals surface area (Å²) in [7, 11) is 0. The highest BCUT2D eigenvalue weighted by molar-refractivity contribution is 6.18. The molecule has 0 rings (SSSR count). The maximum Gasteiger partial charge on any atom is 0.0601 e. The van der Waals surface area contributed by atoms with Crippen molar-refractivity contribution in [2.24, 2.45) is 0 Å². The van der Waals surface area contributed by atoms with E-state index >= 15 is 0 Å². The summed E-state index contributed by atoms with van der Waals surface area (Å²) in [5.74, 6) is 1.24. The second-order valence-electron chi connectivity index (χ2n) is 1.34. The van der Waals surface area contributed by atoms with Gasteiger partial charge in [-0.2, -0.15) is 0 Å². The highest BCUT2D eigenvalue weighted by Crippen LogP contribution is 1.86. The summed E-state index contributed by atoms with van der Waals surface area (Å²) in [6.45, 7) is 1.37. The first-order valence-corrected chi connectivity index (χ1v) is 3.68. The maximum atomic E-state index is 5.37. The van der Waals surface area contributed by atoms with Crippen molar-refractivity contribution >= 4 is 23.2 Å². The molecule has 0 heterocycles. The molecule has 1 nitrogen and oxygen atoms in total. The molecule has 0 aromatic rings. The second-order valence-corrected chi connectivity index (χ2v) is 2.10. The summed E-state index contributed by atoms with van der Waals surface area (Å²) in [5, 5.41) is 0. The van der Waals surface area contributed by atoms with Crippen LogP contribution in [-0.4, -0.2) is 25.0 Å². The van der Waals surface area contributed by atoms with Crippen LogP contribution in [0, 0.1) is 0 Å². The lowest BCUT2D eigenvalue weighted by Crippen LogP contribution is -1.97. The molecular formula is C5H10Cl2O. The molecule has 0 bridgehead atoms. The predicted octanol–water partition coefficient (Wildman–Crippen LogP) is 1.87. The average Bonchev–Trinajstić information content (AvgIpc) is 1.81. The Labute approximate surface area is 59.9 Å². The van der Waals surface area contributed by atoms with E-state index in [4.69, 9.17) is 27.9 Å². The Kier molecular flexibility index (Phi) is 8.05. The van der Waals surface area contributed by atoms with Crippen molar-refractivity contribution < 1.29 is 4.74 Å². The first kappa shape index (κ1) is 8.54. The van der Waals surface area contributed by atoms with Gasteiger partial charge in [0.2, 0.25) is 0 Å². The van der Waals surface area contributed by atoms with Crippen molar-refractivity contribution in [2.75, 3.05) is 25.0 Å². The Bertz CT molecular complexity index is 35.4. The third kappa shape index (κ3) is 6.54. The number of halogens is 2. The monoisotopic (exact) mass is 156 g/mol. The molecule has 0 unspecified atom stereocenters. The van der Waals surface area contributed by atoms with Gasteiger partial charge in [0.15, 0.2) is 0 Å². The number of rotatable bonds is 5. The lowest BCUT2D eigenvalue weighted by molar-refractivity contribution is 0.150. The van der Waals surface area contributed by atoms with Crippen molar-refractivity contribution in [1.29, 1.82) is 0 Å². The van der Waals surface area contributed by atoms with E-state index < -0.39 is 0 Å². The first-order valence-electron chi connectivity index (χ1n) is 2.61. The van der Waals surface area contributed by atoms with Crippen molar-refractivity contribution in [2.45, 2.75) is 6.42 Å². The Morgan fingerprint density at radius 3 is 2.25 bits per heavy atom. The standard InChI is InChI=1S/C5H10Cl2O/c6-2-1-4-8-5-3-7/h1-5H2. The Balaban J connectivity index is 2.53. The minimum atomic E-state index is 0.572. The second kappa shape index (κ2) is 7.54. The van der Waals surface area contributed by atoms with E-state index in [9.17, 15) is 0 Å². The van der Waals surface area contributed by atoms with Crippen LogP contribution in [0.2, 0.25) is 0 Å². The Hall–Kier alpha value is 0.540. The van der Waals surface area contributed by atoms with Crippen LogP contribution < -0.4 is 0 Å². The molecule has 0 aliphatic rings. The summed E-state index contributed by atoms with van der Waals surface area (Å²) in [6, 6.07) is 0. The van der Waals surface area contributed by atoms with Crippen LogP contribution in [0.1, 0.15) is 6.42 Å². The van der Waals surface area contributed by atoms with E-state index in [1.54, 1.807) is 0 Å². The zero-order valence-corrected chi connectivity index (χ0v) is 6.21. The van der Waals surface area contributed by atoms with Gasteiger partial charge in [0.25, 0.3) is 0 Å². The van der Waals surface area contributed by atoms with Gasteiger partial charge in [-0.15, -0.1) is 23.2 Å². The topological polar surface area (TPSA) is 9.23 Å². The number of hydrogen-bond acceptors (Lipinski definition) is 1. The molecule has 50 valence electrons. The minimum Gasteiger partial charge on any atom is -0.380 e. The zero-order valence-electron chi connectivity index (χ0n) is 4.70. The van der Waals surface area contributed by atoms with E-state index in [0.29, 0.717) is 18.4 Å². The van der Waals surface area contributed by atoms with Crippen molar-refractivity contribution in [3.8, 4) is 0 Å². The van der Waals surface area contributed by atoms with Crippen molar-refractivity contribution in [3.05, 3.63) is 0 Å². The van der Waals surface area contributed by atoms with Crippen LogP contribution >= 0.6 is 23.2 Å². The summed E-state index contributed by atoms with van der Waals surface area (Å²) >= 11 is 10.7. The van der Waals surface area contributed by atoms with E-state index in [2.05, 4.69) is 0 Å². The molecule has 0 spiro atoms. The number of ether oxygens (including phenoxy) is 1. The van der Waals surface area contributed by atoms with Crippen molar-refractivity contribution in [1.82, 2.24) is 0 Å². The van der Waals surface area contributed by atoms with E-state index in [1.807, 2.05) is 0 Å². The van der Waals surface area contributed by atoms with Crippen LogP contribution in [0.4, 0.5) is 0 Å². The van der Waals surface area contributed by atoms with Gasteiger partial charge in [0.1, 0.15) is 0 Å². The quantitative estimate of drug-likeness (QED) is 0.437. The van der Waals surface area contributed by atoms with Crippen LogP contribution in [0.5, 0.6) is 0 Å². The van der Waals surface area contributed by atoms with E-state index in [0.717, 1.165) is 13.0 Å². The molecule has 0 N–H and O–H groups in total. The summed E-state index contributed by atoms with van der Waals surface area (Å²) in [6.07, 6.45) is 0.915. The molecule has 0 fully saturated rings. The minimum absolute atomic E-state index is 0.572. The fraction of sp³-hybridized carbons (Fsp3) is 1.00. The molecule has 0 amide bonds. The molecule has 0 aliphatic carbocycles. The third-order valence-corrected chi connectivity index (χ3v) is 1.07. The maximum absolute atomic E-state index is 5.37. The lowest BCUT2D eigenvalue weighted by atomic mass is 10.5. The van der Waals surface area contributed by atoms with Gasteiger partial charge in [-0.3, -0.25) is 0 Å². The predicted molar refractivity (Wildman–Crippen MR) is 36.9 cm³/mol. The molecule has 0 atom stereocenters. The highest BCUT2D eigenvalue weighted by Gasteiger charge is 1.83. The molecule has 8 heavy (non-hydrogen) atoms. The zero-order chi connectivity index (χ0) is 6.24. The third-order valence-electron chi connectivity index (χ3n) is 0.644. The van der Waals surface area contributed by atoms with Crippen LogP contribution in [0.25, 0.3) is 0 Å². The van der Waals surface area contributed by atoms with E-state index in [1.165, 1.54) is 0 Å². The van der Waals surface area contributed by atoms with Gasteiger partial charge < -0.3 is 4.74 Å². The normalized spacial score (nSPS) is 9.75. The molecule has 0 saturated carbocycles. The number of hydrogen-bond donors (Lipinski definition) is 0. The van der Waals surface area contributed by atoms with Crippen LogP contribution in [-0.2, 0) is 4.74 Å². The van der Waals surface area contributed by atoms with Gasteiger partial charge in [-0.1, -0.05) is 0 Å². The van der Waals surface area contributed by atoms with Gasteiger partial charge >= 0.3 is 0 Å². The van der Waals surface area contributed by atoms with E-state index in [-0.39, 0.29) is 0 Å². The molecule has 0 aromatic heterocycles. The molecule has 0 saturated heterocycles. The Morgan fingerprint density at radius 1 is 1.00 bits per heavy atom. The van der Waals surface area contributed by atoms with Crippen LogP contribution in [0.15, 0.2) is 0 Å². The molecule has 0 radical (unpaired) electrons. The average molecular weight is 157 g/mol. The fourth-order valence-electron chi connectivity index (χ4n) is 0.313. The molecular weight excluding hydrogens is 147 g/mol. The first-order chi connectivity index (χ1) is 3.91. The van der Waals surface area contributed by atoms with Gasteiger partial charge in [0, 0.05) is 18.4 Å². The SMILES string of the molecule is ClCCCOCCCl. The molecule has 3 heteroatoms. The summed E-state index contributed by atoms with van der Waals surface area (Å²) in [4.78, 5) is 0. The van der Waals surface area contributed by atoms with Gasteiger partial charge in [-0.25, -0.2) is 0 Å². The summed E-state index contributed by atoms with van der Waals surface area (Å²) < 4.78 is 5.01. The smallest absolute Gasteiger partial charge is 0.0601 e.